The third kappa shape index (κ3) is 4.13. The first-order valence-corrected chi connectivity index (χ1v) is 7.83. The fourth-order valence-electron chi connectivity index (χ4n) is 2.23. The van der Waals surface area contributed by atoms with Crippen molar-refractivity contribution in [3.05, 3.63) is 29.3 Å². The number of thioether (sulfide) groups is 1. The van der Waals surface area contributed by atoms with Crippen molar-refractivity contribution in [1.82, 2.24) is 4.90 Å². The third-order valence-electron chi connectivity index (χ3n) is 3.32. The van der Waals surface area contributed by atoms with E-state index in [2.05, 4.69) is 0 Å². The Morgan fingerprint density at radius 2 is 2.26 bits per heavy atom. The molecular formula is C14H18ClNO2S. The Morgan fingerprint density at radius 3 is 3.00 bits per heavy atom. The molecule has 3 nitrogen and oxygen atoms in total. The predicted molar refractivity (Wildman–Crippen MR) is 78.6 cm³/mol. The zero-order valence-electron chi connectivity index (χ0n) is 10.7. The fraction of sp³-hybridized carbons (Fsp3) is 0.500. The van der Waals surface area contributed by atoms with Gasteiger partial charge in [0.15, 0.2) is 0 Å². The topological polar surface area (TPSA) is 40.5 Å². The number of carbonyl (C=O) groups excluding carboxylic acids is 1. The van der Waals surface area contributed by atoms with E-state index in [4.69, 9.17) is 11.6 Å². The van der Waals surface area contributed by atoms with Crippen molar-refractivity contribution in [2.45, 2.75) is 17.7 Å². The van der Waals surface area contributed by atoms with E-state index in [1.807, 2.05) is 29.2 Å². The second kappa shape index (κ2) is 7.17. The molecule has 0 aliphatic carbocycles. The highest BCUT2D eigenvalue weighted by Gasteiger charge is 2.23. The van der Waals surface area contributed by atoms with E-state index < -0.39 is 0 Å². The first-order chi connectivity index (χ1) is 9.20. The quantitative estimate of drug-likeness (QED) is 0.869. The average Bonchev–Trinajstić information content (AvgIpc) is 2.46. The van der Waals surface area contributed by atoms with E-state index in [1.165, 1.54) is 11.8 Å². The lowest BCUT2D eigenvalue weighted by molar-refractivity contribution is -0.130. The van der Waals surface area contributed by atoms with Crippen molar-refractivity contribution in [2.24, 2.45) is 5.92 Å². The third-order valence-corrected chi connectivity index (χ3v) is 4.82. The minimum Gasteiger partial charge on any atom is -0.396 e. The van der Waals surface area contributed by atoms with Gasteiger partial charge >= 0.3 is 0 Å². The Morgan fingerprint density at radius 1 is 1.47 bits per heavy atom. The molecule has 0 aromatic heterocycles. The van der Waals surface area contributed by atoms with Gasteiger partial charge in [-0.15, -0.1) is 11.8 Å². The zero-order valence-corrected chi connectivity index (χ0v) is 12.3. The molecule has 1 amide bonds. The molecule has 1 heterocycles. The zero-order chi connectivity index (χ0) is 13.7. The van der Waals surface area contributed by atoms with E-state index in [0.717, 1.165) is 24.3 Å². The lowest BCUT2D eigenvalue weighted by Crippen LogP contribution is -2.41. The molecule has 1 aromatic carbocycles. The summed E-state index contributed by atoms with van der Waals surface area (Å²) < 4.78 is 0. The molecule has 0 saturated carbocycles. The van der Waals surface area contributed by atoms with Gasteiger partial charge in [-0.3, -0.25) is 4.79 Å². The number of carbonyl (C=O) groups is 1. The Balaban J connectivity index is 1.86. The predicted octanol–water partition coefficient (Wildman–Crippen LogP) is 2.66. The molecule has 1 fully saturated rings. The molecule has 1 aromatic rings. The standard InChI is InChI=1S/C14H18ClNO2S/c15-12-5-1-2-6-13(12)19-10-14(18)16-7-3-4-11(8-16)9-17/h1-2,5-6,11,17H,3-4,7-10H2. The van der Waals surface area contributed by atoms with Gasteiger partial charge in [0.05, 0.1) is 10.8 Å². The van der Waals surface area contributed by atoms with E-state index in [0.29, 0.717) is 17.3 Å². The van der Waals surface area contributed by atoms with E-state index >= 15 is 0 Å². The highest BCUT2D eigenvalue weighted by atomic mass is 35.5. The van der Waals surface area contributed by atoms with Gasteiger partial charge in [-0.1, -0.05) is 23.7 Å². The monoisotopic (exact) mass is 299 g/mol. The molecule has 0 radical (unpaired) electrons. The van der Waals surface area contributed by atoms with Gasteiger partial charge in [0.1, 0.15) is 0 Å². The van der Waals surface area contributed by atoms with Crippen molar-refractivity contribution >= 4 is 29.3 Å². The van der Waals surface area contributed by atoms with Crippen LogP contribution < -0.4 is 0 Å². The van der Waals surface area contributed by atoms with Gasteiger partial charge in [0.2, 0.25) is 5.91 Å². The molecule has 0 bridgehead atoms. The number of piperidine rings is 1. The summed E-state index contributed by atoms with van der Waals surface area (Å²) in [4.78, 5) is 14.9. The van der Waals surface area contributed by atoms with Gasteiger partial charge in [-0.2, -0.15) is 0 Å². The number of hydrogen-bond acceptors (Lipinski definition) is 3. The van der Waals surface area contributed by atoms with Crippen LogP contribution in [0.4, 0.5) is 0 Å². The first-order valence-electron chi connectivity index (χ1n) is 6.46. The Hall–Kier alpha value is -0.710. The summed E-state index contributed by atoms with van der Waals surface area (Å²) in [6, 6.07) is 7.55. The molecule has 104 valence electrons. The Labute approximate surface area is 122 Å². The number of rotatable bonds is 4. The summed E-state index contributed by atoms with van der Waals surface area (Å²) in [6.45, 7) is 1.65. The Bertz CT molecular complexity index is 441. The minimum atomic E-state index is 0.128. The lowest BCUT2D eigenvalue weighted by atomic mass is 9.99. The summed E-state index contributed by atoms with van der Waals surface area (Å²) in [7, 11) is 0. The summed E-state index contributed by atoms with van der Waals surface area (Å²) in [5.74, 6) is 0.771. The van der Waals surface area contributed by atoms with Crippen molar-refractivity contribution in [1.29, 1.82) is 0 Å². The number of nitrogens with zero attached hydrogens (tertiary/aromatic N) is 1. The van der Waals surface area contributed by atoms with Gasteiger partial charge in [-0.05, 0) is 30.9 Å². The largest absolute Gasteiger partial charge is 0.396 e. The number of aliphatic hydroxyl groups is 1. The Kier molecular flexibility index (Phi) is 5.55. The van der Waals surface area contributed by atoms with Crippen molar-refractivity contribution in [3.63, 3.8) is 0 Å². The molecule has 1 N–H and O–H groups in total. The minimum absolute atomic E-state index is 0.128. The van der Waals surface area contributed by atoms with E-state index in [-0.39, 0.29) is 18.4 Å². The van der Waals surface area contributed by atoms with Crippen LogP contribution >= 0.6 is 23.4 Å². The molecule has 5 heteroatoms. The van der Waals surface area contributed by atoms with Crippen LogP contribution in [0.5, 0.6) is 0 Å². The number of amides is 1. The molecule has 1 saturated heterocycles. The van der Waals surface area contributed by atoms with Crippen LogP contribution in [0.1, 0.15) is 12.8 Å². The highest BCUT2D eigenvalue weighted by Crippen LogP contribution is 2.27. The number of halogens is 1. The average molecular weight is 300 g/mol. The van der Waals surface area contributed by atoms with Gasteiger partial charge in [0.25, 0.3) is 0 Å². The fourth-order valence-corrected chi connectivity index (χ4v) is 3.37. The summed E-state index contributed by atoms with van der Waals surface area (Å²) in [5.41, 5.74) is 0. The second-order valence-corrected chi connectivity index (χ2v) is 6.17. The van der Waals surface area contributed by atoms with Crippen LogP contribution in [0, 0.1) is 5.92 Å². The summed E-state index contributed by atoms with van der Waals surface area (Å²) >= 11 is 7.53. The molecule has 19 heavy (non-hydrogen) atoms. The van der Waals surface area contributed by atoms with Crippen molar-refractivity contribution in [2.75, 3.05) is 25.4 Å². The SMILES string of the molecule is O=C(CSc1ccccc1Cl)N1CCCC(CO)C1. The first kappa shape index (κ1) is 14.7. The number of likely N-dealkylation sites (tertiary alicyclic amines) is 1. The van der Waals surface area contributed by atoms with Crippen LogP contribution in [0.3, 0.4) is 0 Å². The smallest absolute Gasteiger partial charge is 0.232 e. The van der Waals surface area contributed by atoms with Crippen LogP contribution in [0.25, 0.3) is 0 Å². The van der Waals surface area contributed by atoms with Crippen LogP contribution in [-0.4, -0.2) is 41.4 Å². The van der Waals surface area contributed by atoms with Crippen LogP contribution in [0.15, 0.2) is 29.2 Å². The van der Waals surface area contributed by atoms with Gasteiger partial charge < -0.3 is 10.0 Å². The van der Waals surface area contributed by atoms with Crippen molar-refractivity contribution in [3.8, 4) is 0 Å². The maximum Gasteiger partial charge on any atom is 0.232 e. The van der Waals surface area contributed by atoms with E-state index in [9.17, 15) is 9.90 Å². The molecule has 1 aliphatic heterocycles. The number of hydrogen-bond donors (Lipinski definition) is 1. The molecule has 1 unspecified atom stereocenters. The molecule has 1 atom stereocenters. The van der Waals surface area contributed by atoms with Crippen LogP contribution in [-0.2, 0) is 4.79 Å². The van der Waals surface area contributed by atoms with Crippen LogP contribution in [0.2, 0.25) is 5.02 Å². The molecule has 0 spiro atoms. The van der Waals surface area contributed by atoms with E-state index in [1.54, 1.807) is 0 Å². The van der Waals surface area contributed by atoms with Gasteiger partial charge in [0, 0.05) is 24.6 Å². The highest BCUT2D eigenvalue weighted by molar-refractivity contribution is 8.00. The summed E-state index contributed by atoms with van der Waals surface area (Å²) in [5, 5.41) is 9.86. The maximum atomic E-state index is 12.1. The maximum absolute atomic E-state index is 12.1. The second-order valence-electron chi connectivity index (χ2n) is 4.75. The lowest BCUT2D eigenvalue weighted by Gasteiger charge is -2.31. The number of aliphatic hydroxyl groups excluding tert-OH is 1. The summed E-state index contributed by atoms with van der Waals surface area (Å²) in [6.07, 6.45) is 1.99. The molecular weight excluding hydrogens is 282 g/mol. The molecule has 1 aliphatic rings. The molecule has 2 rings (SSSR count). The van der Waals surface area contributed by atoms with Gasteiger partial charge in [-0.25, -0.2) is 0 Å². The van der Waals surface area contributed by atoms with Crippen molar-refractivity contribution < 1.29 is 9.90 Å². The normalized spacial score (nSPS) is 19.5. The number of benzene rings is 1.